The second kappa shape index (κ2) is 4.34. The van der Waals surface area contributed by atoms with Crippen LogP contribution in [-0.2, 0) is 0 Å². The van der Waals surface area contributed by atoms with Crippen LogP contribution in [0.4, 0.5) is 0 Å². The molecule has 0 unspecified atom stereocenters. The average molecular weight is 204 g/mol. The molecule has 4 nitrogen and oxygen atoms in total. The van der Waals surface area contributed by atoms with Crippen LogP contribution in [0.3, 0.4) is 0 Å². The van der Waals surface area contributed by atoms with Gasteiger partial charge in [0.15, 0.2) is 0 Å². The van der Waals surface area contributed by atoms with E-state index in [1.165, 1.54) is 0 Å². The SMILES string of the molecule is Cc1cc(C#[N+]O)c(C)c(C#[N+]O)c1C. The van der Waals surface area contributed by atoms with E-state index in [1.54, 1.807) is 0 Å². The van der Waals surface area contributed by atoms with Gasteiger partial charge < -0.3 is 0 Å². The van der Waals surface area contributed by atoms with Gasteiger partial charge in [0.1, 0.15) is 11.1 Å². The minimum Gasteiger partial charge on any atom is -0.177 e. The van der Waals surface area contributed by atoms with E-state index in [9.17, 15) is 0 Å². The van der Waals surface area contributed by atoms with E-state index in [2.05, 4.69) is 22.2 Å². The molecule has 76 valence electrons. The largest absolute Gasteiger partial charge is 0.388 e. The Morgan fingerprint density at radius 3 is 2.13 bits per heavy atom. The third-order valence-corrected chi connectivity index (χ3v) is 2.44. The van der Waals surface area contributed by atoms with Gasteiger partial charge in [0, 0.05) is 0 Å². The lowest BCUT2D eigenvalue weighted by Crippen LogP contribution is -1.95. The minimum absolute atomic E-state index is 0.659. The van der Waals surface area contributed by atoms with Crippen LogP contribution >= 0.6 is 0 Å². The quantitative estimate of drug-likeness (QED) is 0.638. The summed E-state index contributed by atoms with van der Waals surface area (Å²) in [6, 6.07) is 6.82. The van der Waals surface area contributed by atoms with Gasteiger partial charge in [-0.3, -0.25) is 0 Å². The molecule has 0 saturated carbocycles. The Hall–Kier alpha value is -2.20. The first-order valence-electron chi connectivity index (χ1n) is 4.42. The molecule has 0 amide bonds. The van der Waals surface area contributed by atoms with E-state index in [4.69, 9.17) is 10.4 Å². The number of benzene rings is 1. The van der Waals surface area contributed by atoms with Gasteiger partial charge in [-0.25, -0.2) is 0 Å². The smallest absolute Gasteiger partial charge is 0.177 e. The zero-order valence-electron chi connectivity index (χ0n) is 8.87. The Morgan fingerprint density at radius 2 is 1.60 bits per heavy atom. The van der Waals surface area contributed by atoms with Crippen molar-refractivity contribution < 1.29 is 10.4 Å². The highest BCUT2D eigenvalue weighted by molar-refractivity contribution is 5.55. The van der Waals surface area contributed by atoms with Crippen LogP contribution in [0.15, 0.2) is 6.07 Å². The highest BCUT2D eigenvalue weighted by Crippen LogP contribution is 2.20. The summed E-state index contributed by atoms with van der Waals surface area (Å²) in [4.78, 5) is 0. The van der Waals surface area contributed by atoms with Crippen molar-refractivity contribution in [1.82, 2.24) is 0 Å². The predicted molar refractivity (Wildman–Crippen MR) is 56.9 cm³/mol. The van der Waals surface area contributed by atoms with Gasteiger partial charge in [-0.1, -0.05) is 0 Å². The van der Waals surface area contributed by atoms with E-state index in [-0.39, 0.29) is 0 Å². The van der Waals surface area contributed by atoms with Gasteiger partial charge in [-0.05, 0) is 43.5 Å². The molecule has 1 aromatic carbocycles. The molecular weight excluding hydrogens is 192 g/mol. The van der Waals surface area contributed by atoms with Crippen molar-refractivity contribution in [2.24, 2.45) is 0 Å². The lowest BCUT2D eigenvalue weighted by Gasteiger charge is -2.03. The molecule has 0 atom stereocenters. The lowest BCUT2D eigenvalue weighted by molar-refractivity contribution is 0.464. The molecule has 0 spiro atoms. The molecule has 0 fully saturated rings. The Labute approximate surface area is 88.0 Å². The number of nitrogens with zero attached hydrogens (tertiary/aromatic N) is 2. The molecule has 0 bridgehead atoms. The second-order valence-electron chi connectivity index (χ2n) is 3.29. The molecule has 0 saturated heterocycles. The van der Waals surface area contributed by atoms with Crippen LogP contribution in [0, 0.1) is 32.9 Å². The summed E-state index contributed by atoms with van der Waals surface area (Å²) < 4.78 is 0. The van der Waals surface area contributed by atoms with E-state index < -0.39 is 0 Å². The molecule has 1 aromatic rings. The highest BCUT2D eigenvalue weighted by atomic mass is 16.4. The zero-order chi connectivity index (χ0) is 11.4. The summed E-state index contributed by atoms with van der Waals surface area (Å²) in [5.41, 5.74) is 4.15. The second-order valence-corrected chi connectivity index (χ2v) is 3.29. The molecule has 1 rings (SSSR count). The summed E-state index contributed by atoms with van der Waals surface area (Å²) >= 11 is 0. The average Bonchev–Trinajstić information content (AvgIpc) is 2.21. The Bertz CT molecular complexity index is 513. The monoisotopic (exact) mass is 204 g/mol. The first-order valence-corrected chi connectivity index (χ1v) is 4.42. The molecule has 0 radical (unpaired) electrons. The first-order chi connectivity index (χ1) is 7.11. The topological polar surface area (TPSA) is 49.2 Å². The molecule has 0 aliphatic rings. The summed E-state index contributed by atoms with van der Waals surface area (Å²) in [6.07, 6.45) is 0. The number of aryl methyl sites for hydroxylation is 1. The zero-order valence-corrected chi connectivity index (χ0v) is 8.87. The fourth-order valence-electron chi connectivity index (χ4n) is 1.43. The maximum absolute atomic E-state index is 8.50. The van der Waals surface area contributed by atoms with E-state index in [1.807, 2.05) is 26.8 Å². The first kappa shape index (κ1) is 10.9. The van der Waals surface area contributed by atoms with E-state index in [0.717, 1.165) is 16.7 Å². The summed E-state index contributed by atoms with van der Waals surface area (Å²) in [7, 11) is 0. The Kier molecular flexibility index (Phi) is 3.15. The number of hydrogen-bond acceptors (Lipinski definition) is 2. The molecule has 0 aromatic heterocycles. The van der Waals surface area contributed by atoms with E-state index in [0.29, 0.717) is 11.1 Å². The maximum Gasteiger partial charge on any atom is 0.388 e. The predicted octanol–water partition coefficient (Wildman–Crippen LogP) is 2.75. The molecule has 0 aliphatic heterocycles. The lowest BCUT2D eigenvalue weighted by atomic mass is 9.95. The third kappa shape index (κ3) is 2.00. The third-order valence-electron chi connectivity index (χ3n) is 2.44. The van der Waals surface area contributed by atoms with Crippen LogP contribution in [0.2, 0.25) is 0 Å². The minimum atomic E-state index is 0.659. The number of rotatable bonds is 0. The number of hydrogen-bond donors (Lipinski definition) is 2. The van der Waals surface area contributed by atoms with Gasteiger partial charge in [0.25, 0.3) is 0 Å². The normalized spacial score (nSPS) is 8.47. The molecule has 0 heterocycles. The van der Waals surface area contributed by atoms with Crippen LogP contribution in [-0.4, -0.2) is 10.4 Å². The van der Waals surface area contributed by atoms with Crippen molar-refractivity contribution in [1.29, 1.82) is 0 Å². The fourth-order valence-corrected chi connectivity index (χ4v) is 1.43. The van der Waals surface area contributed by atoms with Gasteiger partial charge >= 0.3 is 12.1 Å². The van der Waals surface area contributed by atoms with Crippen molar-refractivity contribution in [2.45, 2.75) is 20.8 Å². The molecule has 0 aliphatic carbocycles. The fraction of sp³-hybridized carbons (Fsp3) is 0.273. The van der Waals surface area contributed by atoms with Crippen LogP contribution in [0.25, 0.3) is 10.0 Å². The molecule has 4 heteroatoms. The molecule has 15 heavy (non-hydrogen) atoms. The van der Waals surface area contributed by atoms with Gasteiger partial charge in [-0.15, -0.1) is 0 Å². The molecule has 2 N–H and O–H groups in total. The standard InChI is InChI=1S/C11H10N2O2/c1-7-4-10(5-12-14)9(3)11(6-13-15)8(7)2/h4H,1-3H3/p+2. The Morgan fingerprint density at radius 1 is 1.00 bits per heavy atom. The van der Waals surface area contributed by atoms with Crippen LogP contribution in [0.1, 0.15) is 27.8 Å². The van der Waals surface area contributed by atoms with Gasteiger partial charge in [0.05, 0.1) is 0 Å². The van der Waals surface area contributed by atoms with Crippen molar-refractivity contribution in [2.75, 3.05) is 0 Å². The molecular formula is C11H12N2O2+2. The van der Waals surface area contributed by atoms with Crippen molar-refractivity contribution in [3.8, 4) is 12.1 Å². The van der Waals surface area contributed by atoms with Crippen molar-refractivity contribution >= 4 is 0 Å². The van der Waals surface area contributed by atoms with E-state index >= 15 is 0 Å². The summed E-state index contributed by atoms with van der Waals surface area (Å²) in [6.45, 7) is 5.66. The van der Waals surface area contributed by atoms with Crippen molar-refractivity contribution in [3.05, 3.63) is 43.9 Å². The van der Waals surface area contributed by atoms with Crippen LogP contribution < -0.4 is 0 Å². The van der Waals surface area contributed by atoms with Crippen LogP contribution in [0.5, 0.6) is 0 Å². The Balaban J connectivity index is 3.58. The maximum atomic E-state index is 8.50. The summed E-state index contributed by atoms with van der Waals surface area (Å²) in [5, 5.41) is 22.7. The van der Waals surface area contributed by atoms with Crippen molar-refractivity contribution in [3.63, 3.8) is 0 Å². The van der Waals surface area contributed by atoms with Gasteiger partial charge in [0.2, 0.25) is 10.0 Å². The van der Waals surface area contributed by atoms with Gasteiger partial charge in [-0.2, -0.15) is 10.4 Å². The summed E-state index contributed by atoms with van der Waals surface area (Å²) in [5.74, 6) is 0. The highest BCUT2D eigenvalue weighted by Gasteiger charge is 2.15.